The standard InChI is InChI=1S/C70H66N4O4/c1-39-33-41(21-27-53(39)73-63(75)47-17-15-19-59(61(47)65(73)77)71-55-29-23-43(67(3,4)5)35-49(55)50-36-44(68(6,7)8)24-30-56(50)71)42-22-28-54(40(2)34-42)74-64(76)48-18-16-20-60(62(48)66(74)78)72-57-31-25-45(69(9,10)11)37-51(57)52-38-46(70(12,13)14)26-32-58(52)72/h15-38H,1-14H3. The van der Waals surface area contributed by atoms with Gasteiger partial charge >= 0.3 is 0 Å². The van der Waals surface area contributed by atoms with E-state index in [1.54, 1.807) is 12.1 Å². The van der Waals surface area contributed by atoms with Crippen LogP contribution in [0.4, 0.5) is 11.4 Å². The van der Waals surface area contributed by atoms with Gasteiger partial charge in [0.15, 0.2) is 0 Å². The van der Waals surface area contributed by atoms with Crippen molar-refractivity contribution in [2.75, 3.05) is 9.80 Å². The Kier molecular flexibility index (Phi) is 11.0. The van der Waals surface area contributed by atoms with Crippen molar-refractivity contribution >= 4 is 78.6 Å². The van der Waals surface area contributed by atoms with E-state index in [0.29, 0.717) is 45.0 Å². The van der Waals surface area contributed by atoms with Crippen molar-refractivity contribution in [2.45, 2.75) is 119 Å². The van der Waals surface area contributed by atoms with E-state index < -0.39 is 0 Å². The lowest BCUT2D eigenvalue weighted by atomic mass is 9.85. The largest absolute Gasteiger partial charge is 0.308 e. The first-order valence-corrected chi connectivity index (χ1v) is 27.2. The minimum absolute atomic E-state index is 0.0738. The summed E-state index contributed by atoms with van der Waals surface area (Å²) in [6.07, 6.45) is 0. The minimum atomic E-state index is -0.374. The Balaban J connectivity index is 0.873. The molecule has 0 saturated heterocycles. The molecule has 8 nitrogen and oxygen atoms in total. The Morgan fingerprint density at radius 3 is 0.872 bits per heavy atom. The fourth-order valence-electron chi connectivity index (χ4n) is 11.9. The predicted molar refractivity (Wildman–Crippen MR) is 320 cm³/mol. The number of hydrogen-bond acceptors (Lipinski definition) is 4. The third kappa shape index (κ3) is 7.69. The Labute approximate surface area is 456 Å². The van der Waals surface area contributed by atoms with Crippen LogP contribution in [0.2, 0.25) is 0 Å². The summed E-state index contributed by atoms with van der Waals surface area (Å²) in [7, 11) is 0. The molecule has 2 aliphatic heterocycles. The molecule has 78 heavy (non-hydrogen) atoms. The Morgan fingerprint density at radius 2 is 0.603 bits per heavy atom. The van der Waals surface area contributed by atoms with Crippen LogP contribution in [0.15, 0.2) is 146 Å². The number of imide groups is 2. The lowest BCUT2D eigenvalue weighted by Gasteiger charge is -2.20. The molecule has 0 spiro atoms. The first-order chi connectivity index (χ1) is 36.7. The van der Waals surface area contributed by atoms with Gasteiger partial charge in [-0.3, -0.25) is 19.2 Å². The second-order valence-corrected chi connectivity index (χ2v) is 25.9. The number of nitrogens with zero attached hydrogens (tertiary/aromatic N) is 4. The number of rotatable bonds is 5. The number of fused-ring (bicyclic) bond motifs is 8. The summed E-state index contributed by atoms with van der Waals surface area (Å²) in [6, 6.07) is 49.0. The van der Waals surface area contributed by atoms with Crippen LogP contribution >= 0.6 is 0 Å². The van der Waals surface area contributed by atoms with E-state index in [1.807, 2.05) is 74.5 Å². The molecule has 8 aromatic carbocycles. The maximum atomic E-state index is 14.9. The van der Waals surface area contributed by atoms with Crippen molar-refractivity contribution in [1.29, 1.82) is 0 Å². The molecule has 0 atom stereocenters. The van der Waals surface area contributed by atoms with Gasteiger partial charge in [0, 0.05) is 21.5 Å². The van der Waals surface area contributed by atoms with Gasteiger partial charge in [0.1, 0.15) is 0 Å². The van der Waals surface area contributed by atoms with Crippen molar-refractivity contribution in [3.05, 3.63) is 201 Å². The van der Waals surface area contributed by atoms with E-state index in [4.69, 9.17) is 0 Å². The summed E-state index contributed by atoms with van der Waals surface area (Å²) in [4.78, 5) is 61.6. The van der Waals surface area contributed by atoms with Crippen molar-refractivity contribution in [2.24, 2.45) is 0 Å². The third-order valence-electron chi connectivity index (χ3n) is 16.5. The monoisotopic (exact) mass is 1030 g/mol. The zero-order chi connectivity index (χ0) is 55.4. The fourth-order valence-corrected chi connectivity index (χ4v) is 11.9. The summed E-state index contributed by atoms with van der Waals surface area (Å²) in [5.74, 6) is -1.49. The molecular weight excluding hydrogens is 961 g/mol. The number of benzene rings is 8. The summed E-state index contributed by atoms with van der Waals surface area (Å²) in [5.41, 5.74) is 15.4. The summed E-state index contributed by atoms with van der Waals surface area (Å²) in [6.45, 7) is 30.4. The molecule has 12 rings (SSSR count). The van der Waals surface area contributed by atoms with Crippen LogP contribution in [0.3, 0.4) is 0 Å². The lowest BCUT2D eigenvalue weighted by molar-refractivity contribution is 0.0910. The maximum absolute atomic E-state index is 14.9. The van der Waals surface area contributed by atoms with Gasteiger partial charge < -0.3 is 9.13 Å². The number of anilines is 2. The van der Waals surface area contributed by atoms with E-state index in [-0.39, 0.29) is 45.3 Å². The molecule has 0 fully saturated rings. The van der Waals surface area contributed by atoms with Crippen LogP contribution in [0.5, 0.6) is 0 Å². The van der Waals surface area contributed by atoms with Crippen LogP contribution in [0.1, 0.15) is 158 Å². The number of hydrogen-bond donors (Lipinski definition) is 0. The van der Waals surface area contributed by atoms with Crippen molar-refractivity contribution in [1.82, 2.24) is 9.13 Å². The smallest absolute Gasteiger partial charge is 0.268 e. The molecule has 10 aromatic rings. The second kappa shape index (κ2) is 17.1. The molecule has 8 heteroatoms. The van der Waals surface area contributed by atoms with E-state index in [0.717, 1.165) is 65.9 Å². The van der Waals surface area contributed by atoms with Crippen molar-refractivity contribution in [3.8, 4) is 22.5 Å². The number of aryl methyl sites for hydroxylation is 2. The van der Waals surface area contributed by atoms with E-state index in [9.17, 15) is 19.2 Å². The molecule has 0 aliphatic carbocycles. The molecule has 0 saturated carbocycles. The third-order valence-corrected chi connectivity index (χ3v) is 16.5. The quantitative estimate of drug-likeness (QED) is 0.161. The average Bonchev–Trinajstić information content (AvgIpc) is 4.05. The zero-order valence-electron chi connectivity index (χ0n) is 47.3. The molecule has 2 aliphatic rings. The van der Waals surface area contributed by atoms with E-state index >= 15 is 0 Å². The second-order valence-electron chi connectivity index (χ2n) is 25.9. The van der Waals surface area contributed by atoms with Gasteiger partial charge in [0.05, 0.1) is 67.1 Å². The summed E-state index contributed by atoms with van der Waals surface area (Å²) >= 11 is 0. The van der Waals surface area contributed by atoms with Crippen molar-refractivity contribution in [3.63, 3.8) is 0 Å². The molecule has 4 amide bonds. The van der Waals surface area contributed by atoms with Crippen LogP contribution in [0, 0.1) is 13.8 Å². The van der Waals surface area contributed by atoms with Crippen LogP contribution in [-0.4, -0.2) is 32.8 Å². The number of aromatic nitrogens is 2. The summed E-state index contributed by atoms with van der Waals surface area (Å²) in [5, 5.41) is 4.40. The van der Waals surface area contributed by atoms with Gasteiger partial charge in [-0.25, -0.2) is 9.80 Å². The first kappa shape index (κ1) is 50.5. The van der Waals surface area contributed by atoms with Crippen LogP contribution < -0.4 is 9.80 Å². The topological polar surface area (TPSA) is 84.6 Å². The van der Waals surface area contributed by atoms with Crippen LogP contribution in [0.25, 0.3) is 66.1 Å². The highest BCUT2D eigenvalue weighted by molar-refractivity contribution is 6.37. The van der Waals surface area contributed by atoms with Gasteiger partial charge in [-0.1, -0.05) is 132 Å². The number of carbonyl (C=O) groups excluding carboxylic acids is 4. The average molecular weight is 1030 g/mol. The molecule has 2 aromatic heterocycles. The normalized spacial score (nSPS) is 14.3. The fraction of sp³-hybridized carbons (Fsp3) is 0.257. The molecule has 4 heterocycles. The van der Waals surface area contributed by atoms with Gasteiger partial charge in [-0.15, -0.1) is 0 Å². The Bertz CT molecular complexity index is 3890. The number of amides is 4. The Morgan fingerprint density at radius 1 is 0.308 bits per heavy atom. The van der Waals surface area contributed by atoms with Gasteiger partial charge in [0.25, 0.3) is 23.6 Å². The first-order valence-electron chi connectivity index (χ1n) is 27.2. The van der Waals surface area contributed by atoms with Crippen molar-refractivity contribution < 1.29 is 19.2 Å². The zero-order valence-corrected chi connectivity index (χ0v) is 47.3. The van der Waals surface area contributed by atoms with Gasteiger partial charge in [-0.2, -0.15) is 0 Å². The number of carbonyl (C=O) groups is 4. The SMILES string of the molecule is Cc1cc(-c2ccc(N3C(=O)c4cccc(-n5c6ccc(C(C)(C)C)cc6c6cc(C(C)(C)C)ccc65)c4C3=O)c(C)c2)ccc1N1C(=O)c2cccc(-n3c4ccc(C(C)(C)C)cc4c4cc(C(C)(C)C)ccc43)c2C1=O. The molecule has 0 unspecified atom stereocenters. The molecule has 0 radical (unpaired) electrons. The highest BCUT2D eigenvalue weighted by Crippen LogP contribution is 2.44. The van der Waals surface area contributed by atoms with Crippen LogP contribution in [-0.2, 0) is 21.7 Å². The van der Waals surface area contributed by atoms with E-state index in [2.05, 4.69) is 165 Å². The predicted octanol–water partition coefficient (Wildman–Crippen LogP) is 17.0. The molecule has 390 valence electrons. The lowest BCUT2D eigenvalue weighted by Crippen LogP contribution is -2.30. The Hall–Kier alpha value is -8.36. The molecular formula is C70H66N4O4. The van der Waals surface area contributed by atoms with Gasteiger partial charge in [0.2, 0.25) is 0 Å². The molecule has 0 bridgehead atoms. The highest BCUT2D eigenvalue weighted by atomic mass is 16.2. The minimum Gasteiger partial charge on any atom is -0.308 e. The summed E-state index contributed by atoms with van der Waals surface area (Å²) < 4.78 is 4.30. The maximum Gasteiger partial charge on any atom is 0.268 e. The molecule has 0 N–H and O–H groups in total. The highest BCUT2D eigenvalue weighted by Gasteiger charge is 2.42. The van der Waals surface area contributed by atoms with Gasteiger partial charge in [-0.05, 0) is 177 Å². The van der Waals surface area contributed by atoms with E-state index in [1.165, 1.54) is 32.1 Å².